The van der Waals surface area contributed by atoms with Crippen LogP contribution in [0.5, 0.6) is 0 Å². The van der Waals surface area contributed by atoms with Gasteiger partial charge in [0.05, 0.1) is 16.6 Å². The van der Waals surface area contributed by atoms with Gasteiger partial charge in [0.25, 0.3) is 10.0 Å². The van der Waals surface area contributed by atoms with Crippen molar-refractivity contribution in [3.63, 3.8) is 0 Å². The first kappa shape index (κ1) is 25.1. The Kier molecular flexibility index (Phi) is 6.40. The minimum absolute atomic E-state index is 0.274. The Hall–Kier alpha value is -3.52. The van der Waals surface area contributed by atoms with Crippen molar-refractivity contribution in [1.82, 2.24) is 4.90 Å². The molecule has 5 rings (SSSR count). The number of anilines is 2. The van der Waals surface area contributed by atoms with Crippen LogP contribution in [-0.4, -0.2) is 57.2 Å². The van der Waals surface area contributed by atoms with Crippen LogP contribution in [0.2, 0.25) is 0 Å². The lowest BCUT2D eigenvalue weighted by Crippen LogP contribution is -2.50. The van der Waals surface area contributed by atoms with E-state index in [0.717, 1.165) is 22.0 Å². The zero-order valence-corrected chi connectivity index (χ0v) is 22.5. The molecule has 194 valence electrons. The number of hydrogen-bond donors (Lipinski definition) is 0. The highest BCUT2D eigenvalue weighted by Gasteiger charge is 2.34. The van der Waals surface area contributed by atoms with Crippen LogP contribution >= 0.6 is 0 Å². The normalized spacial score (nSPS) is 18.2. The van der Waals surface area contributed by atoms with Crippen molar-refractivity contribution < 1.29 is 17.9 Å². The van der Waals surface area contributed by atoms with Crippen LogP contribution in [0.15, 0.2) is 71.6 Å². The highest BCUT2D eigenvalue weighted by atomic mass is 32.2. The average molecular weight is 520 g/mol. The number of sulfonamides is 1. The largest absolute Gasteiger partial charge is 0.444 e. The lowest BCUT2D eigenvalue weighted by molar-refractivity contribution is 0.0240. The minimum Gasteiger partial charge on any atom is -0.444 e. The number of benzene rings is 3. The molecule has 1 amide bonds. The number of ether oxygens (including phenoxy) is 1. The number of hydrogen-bond acceptors (Lipinski definition) is 5. The Bertz CT molecular complexity index is 1470. The first-order valence-corrected chi connectivity index (χ1v) is 14.1. The van der Waals surface area contributed by atoms with Gasteiger partial charge in [-0.15, -0.1) is 0 Å². The Labute approximate surface area is 219 Å². The van der Waals surface area contributed by atoms with Gasteiger partial charge in [-0.25, -0.2) is 13.2 Å². The van der Waals surface area contributed by atoms with E-state index in [-0.39, 0.29) is 17.0 Å². The molecule has 8 heteroatoms. The monoisotopic (exact) mass is 519 g/mol. The van der Waals surface area contributed by atoms with E-state index in [2.05, 4.69) is 4.90 Å². The molecule has 2 aliphatic rings. The molecule has 3 aromatic carbocycles. The minimum atomic E-state index is -3.81. The van der Waals surface area contributed by atoms with Crippen LogP contribution in [0.1, 0.15) is 33.3 Å². The van der Waals surface area contributed by atoms with Gasteiger partial charge in [-0.3, -0.25) is 4.31 Å². The van der Waals surface area contributed by atoms with Crippen molar-refractivity contribution in [2.45, 2.75) is 44.2 Å². The smallest absolute Gasteiger partial charge is 0.410 e. The van der Waals surface area contributed by atoms with Crippen molar-refractivity contribution in [2.24, 2.45) is 0 Å². The van der Waals surface area contributed by atoms with Gasteiger partial charge < -0.3 is 14.5 Å². The maximum atomic E-state index is 13.9. The number of fused-ring (bicyclic) bond motifs is 2. The number of piperazine rings is 1. The fourth-order valence-corrected chi connectivity index (χ4v) is 6.63. The summed E-state index contributed by atoms with van der Waals surface area (Å²) in [5.41, 5.74) is 1.96. The molecule has 2 aliphatic heterocycles. The summed E-state index contributed by atoms with van der Waals surface area (Å²) in [6.07, 6.45) is 3.65. The molecular formula is C29H33N3O4S. The van der Waals surface area contributed by atoms with Crippen molar-refractivity contribution >= 4 is 44.3 Å². The highest BCUT2D eigenvalue weighted by Crippen LogP contribution is 2.39. The Morgan fingerprint density at radius 2 is 1.57 bits per heavy atom. The third-order valence-electron chi connectivity index (χ3n) is 6.76. The maximum Gasteiger partial charge on any atom is 0.410 e. The Morgan fingerprint density at radius 3 is 2.27 bits per heavy atom. The van der Waals surface area contributed by atoms with E-state index >= 15 is 0 Å². The van der Waals surface area contributed by atoms with Gasteiger partial charge in [-0.1, -0.05) is 48.6 Å². The molecule has 1 atom stereocenters. The summed E-state index contributed by atoms with van der Waals surface area (Å²) in [5.74, 6) is 0. The lowest BCUT2D eigenvalue weighted by Gasteiger charge is -2.39. The van der Waals surface area contributed by atoms with Gasteiger partial charge >= 0.3 is 6.09 Å². The zero-order chi connectivity index (χ0) is 26.4. The van der Waals surface area contributed by atoms with Crippen LogP contribution in [0.4, 0.5) is 16.2 Å². The quantitative estimate of drug-likeness (QED) is 0.457. The maximum absolute atomic E-state index is 13.9. The first-order chi connectivity index (χ1) is 17.5. The van der Waals surface area contributed by atoms with Crippen molar-refractivity contribution in [2.75, 3.05) is 35.4 Å². The molecule has 0 saturated carbocycles. The summed E-state index contributed by atoms with van der Waals surface area (Å²) < 4.78 is 34.9. The lowest BCUT2D eigenvalue weighted by atomic mass is 10.0. The van der Waals surface area contributed by atoms with Crippen molar-refractivity contribution in [1.29, 1.82) is 0 Å². The molecule has 1 fully saturated rings. The van der Waals surface area contributed by atoms with E-state index in [9.17, 15) is 13.2 Å². The molecule has 1 saturated heterocycles. The van der Waals surface area contributed by atoms with Crippen LogP contribution in [0.3, 0.4) is 0 Å². The van der Waals surface area contributed by atoms with Gasteiger partial charge in [0.1, 0.15) is 5.60 Å². The van der Waals surface area contributed by atoms with Gasteiger partial charge in [-0.2, -0.15) is 0 Å². The van der Waals surface area contributed by atoms with E-state index in [1.165, 1.54) is 4.31 Å². The van der Waals surface area contributed by atoms with E-state index in [1.54, 1.807) is 17.0 Å². The Morgan fingerprint density at radius 1 is 0.892 bits per heavy atom. The van der Waals surface area contributed by atoms with E-state index < -0.39 is 15.6 Å². The molecule has 0 N–H and O–H groups in total. The van der Waals surface area contributed by atoms with Gasteiger partial charge in [0.15, 0.2) is 0 Å². The molecule has 0 aliphatic carbocycles. The molecular weight excluding hydrogens is 486 g/mol. The second-order valence-electron chi connectivity index (χ2n) is 10.6. The molecule has 7 nitrogen and oxygen atoms in total. The molecule has 2 heterocycles. The summed E-state index contributed by atoms with van der Waals surface area (Å²) in [7, 11) is -3.81. The van der Waals surface area contributed by atoms with E-state index in [0.29, 0.717) is 31.9 Å². The summed E-state index contributed by atoms with van der Waals surface area (Å²) >= 11 is 0. The third kappa shape index (κ3) is 4.90. The summed E-state index contributed by atoms with van der Waals surface area (Å²) in [6.45, 7) is 9.83. The molecule has 3 aromatic rings. The van der Waals surface area contributed by atoms with Crippen LogP contribution in [0.25, 0.3) is 16.8 Å². The average Bonchev–Trinajstić information content (AvgIpc) is 2.86. The van der Waals surface area contributed by atoms with E-state index in [4.69, 9.17) is 4.74 Å². The van der Waals surface area contributed by atoms with Crippen LogP contribution in [-0.2, 0) is 14.8 Å². The summed E-state index contributed by atoms with van der Waals surface area (Å²) in [5, 5.41) is 1.89. The van der Waals surface area contributed by atoms with E-state index in [1.807, 2.05) is 88.4 Å². The molecule has 0 aromatic heterocycles. The van der Waals surface area contributed by atoms with Gasteiger partial charge in [-0.05, 0) is 62.7 Å². The molecule has 0 bridgehead atoms. The molecule has 0 radical (unpaired) electrons. The molecule has 1 unspecified atom stereocenters. The predicted octanol–water partition coefficient (Wildman–Crippen LogP) is 5.51. The predicted molar refractivity (Wildman–Crippen MR) is 149 cm³/mol. The fraction of sp³-hybridized carbons (Fsp3) is 0.345. The summed E-state index contributed by atoms with van der Waals surface area (Å²) in [6, 6.07) is 18.5. The first-order valence-electron chi connectivity index (χ1n) is 12.6. The molecule has 0 spiro atoms. The number of rotatable bonds is 3. The van der Waals surface area contributed by atoms with Crippen molar-refractivity contribution in [3.05, 3.63) is 72.3 Å². The third-order valence-corrected chi connectivity index (χ3v) is 8.66. The van der Waals surface area contributed by atoms with Gasteiger partial charge in [0.2, 0.25) is 0 Å². The summed E-state index contributed by atoms with van der Waals surface area (Å²) in [4.78, 5) is 16.7. The number of nitrogens with zero attached hydrogens (tertiary/aromatic N) is 3. The second-order valence-corrected chi connectivity index (χ2v) is 12.4. The molecule has 37 heavy (non-hydrogen) atoms. The van der Waals surface area contributed by atoms with Gasteiger partial charge in [0, 0.05) is 37.4 Å². The highest BCUT2D eigenvalue weighted by molar-refractivity contribution is 7.92. The number of amides is 1. The number of carbonyl (C=O) groups excluding carboxylic acids is 1. The zero-order valence-electron chi connectivity index (χ0n) is 21.7. The topological polar surface area (TPSA) is 70.2 Å². The standard InChI is InChI=1S/C29H33N3O4S/c1-21-12-15-25-26(30-16-18-31(19-17-30)28(33)36-29(2,3)4)10-7-11-27(25)32(21)37(34,35)24-14-13-22-8-5-6-9-23(22)20-24/h5-15,20-21H,16-19H2,1-4H3. The SMILES string of the molecule is CC1C=Cc2c(N3CCN(C(=O)OC(C)(C)C)CC3)cccc2N1S(=O)(=O)c1ccc2ccccc2c1. The van der Waals surface area contributed by atoms with Crippen LogP contribution < -0.4 is 9.21 Å². The fourth-order valence-electron chi connectivity index (χ4n) is 4.96. The van der Waals surface area contributed by atoms with Crippen molar-refractivity contribution in [3.8, 4) is 0 Å². The number of carbonyl (C=O) groups is 1. The second kappa shape index (κ2) is 9.41. The Balaban J connectivity index is 1.43. The van der Waals surface area contributed by atoms with Crippen LogP contribution in [0, 0.1) is 0 Å².